The van der Waals surface area contributed by atoms with Crippen molar-refractivity contribution in [1.82, 2.24) is 9.97 Å². The Morgan fingerprint density at radius 2 is 1.42 bits per heavy atom. The minimum Gasteiger partial charge on any atom is -0.503 e. The fraction of sp³-hybridized carbons (Fsp3) is 0.0476. The Hall–Kier alpha value is -5.29. The Labute approximate surface area is 294 Å². The molecule has 0 bridgehead atoms. The number of fused-ring (bicyclic) bond motifs is 4. The molecule has 0 atom stereocenters. The monoisotopic (exact) mass is 797 g/mol. The SMILES string of the molecule is Cc1ccc(-c2[c-]cccc2)nc1.Cc1ccccc1-c1ccnc(-c2[c-]ccc3c2Oc2cccc4c2B3c2ccccc2O4)c1.[Ir]. The molecular weight excluding hydrogens is 768 g/mol. The van der Waals surface area contributed by atoms with E-state index in [9.17, 15) is 0 Å². The van der Waals surface area contributed by atoms with Crippen LogP contribution in [0.25, 0.3) is 33.6 Å². The summed E-state index contributed by atoms with van der Waals surface area (Å²) in [4.78, 5) is 9.04. The first kappa shape index (κ1) is 31.3. The van der Waals surface area contributed by atoms with Gasteiger partial charge in [0.1, 0.15) is 17.2 Å². The van der Waals surface area contributed by atoms with Gasteiger partial charge in [0, 0.05) is 43.7 Å². The summed E-state index contributed by atoms with van der Waals surface area (Å²) in [6.07, 6.45) is 3.74. The number of rotatable bonds is 3. The second kappa shape index (κ2) is 13.4. The Bertz CT molecular complexity index is 2240. The summed E-state index contributed by atoms with van der Waals surface area (Å²) in [6.45, 7) is 4.20. The molecule has 233 valence electrons. The van der Waals surface area contributed by atoms with Gasteiger partial charge in [-0.15, -0.1) is 59.6 Å². The van der Waals surface area contributed by atoms with E-state index in [1.165, 1.54) is 16.7 Å². The summed E-state index contributed by atoms with van der Waals surface area (Å²) in [6, 6.07) is 49.4. The summed E-state index contributed by atoms with van der Waals surface area (Å²) in [7, 11) is 0. The minimum absolute atomic E-state index is 0. The third kappa shape index (κ3) is 5.86. The third-order valence-electron chi connectivity index (χ3n) is 8.64. The fourth-order valence-electron chi connectivity index (χ4n) is 6.34. The van der Waals surface area contributed by atoms with Crippen molar-refractivity contribution in [3.8, 4) is 56.6 Å². The molecule has 0 saturated carbocycles. The molecule has 0 unspecified atom stereocenters. The summed E-state index contributed by atoms with van der Waals surface area (Å²) >= 11 is 0. The maximum atomic E-state index is 6.54. The van der Waals surface area contributed by atoms with Gasteiger partial charge in [0.25, 0.3) is 0 Å². The van der Waals surface area contributed by atoms with Crippen molar-refractivity contribution in [3.63, 3.8) is 0 Å². The maximum Gasteiger partial charge on any atom is 0.241 e. The van der Waals surface area contributed by atoms with Crippen LogP contribution in [0, 0.1) is 26.0 Å². The second-order valence-corrected chi connectivity index (χ2v) is 11.7. The molecule has 0 aliphatic carbocycles. The molecule has 5 aromatic carbocycles. The quantitative estimate of drug-likeness (QED) is 0.134. The smallest absolute Gasteiger partial charge is 0.241 e. The van der Waals surface area contributed by atoms with Crippen molar-refractivity contribution < 1.29 is 29.6 Å². The topological polar surface area (TPSA) is 44.2 Å². The van der Waals surface area contributed by atoms with Crippen molar-refractivity contribution in [2.45, 2.75) is 13.8 Å². The molecule has 9 rings (SSSR count). The van der Waals surface area contributed by atoms with Crippen LogP contribution < -0.4 is 25.9 Å². The molecule has 4 heterocycles. The molecule has 0 fully saturated rings. The largest absolute Gasteiger partial charge is 0.503 e. The Morgan fingerprint density at radius 1 is 0.625 bits per heavy atom. The van der Waals surface area contributed by atoms with E-state index in [4.69, 9.17) is 14.5 Å². The van der Waals surface area contributed by atoms with Crippen molar-refractivity contribution in [2.75, 3.05) is 0 Å². The second-order valence-electron chi connectivity index (χ2n) is 11.7. The fourth-order valence-corrected chi connectivity index (χ4v) is 6.34. The van der Waals surface area contributed by atoms with Crippen molar-refractivity contribution in [1.29, 1.82) is 0 Å². The normalized spacial score (nSPS) is 11.7. The average Bonchev–Trinajstić information content (AvgIpc) is 3.12. The van der Waals surface area contributed by atoms with Gasteiger partial charge in [-0.2, -0.15) is 0 Å². The van der Waals surface area contributed by atoms with E-state index in [0.29, 0.717) is 0 Å². The van der Waals surface area contributed by atoms with Crippen LogP contribution in [0.4, 0.5) is 0 Å². The van der Waals surface area contributed by atoms with Gasteiger partial charge in [-0.1, -0.05) is 72.3 Å². The number of nitrogens with zero attached hydrogens (tertiary/aromatic N) is 2. The number of ether oxygens (including phenoxy) is 2. The number of benzene rings is 5. The molecule has 1 radical (unpaired) electrons. The van der Waals surface area contributed by atoms with Crippen LogP contribution in [-0.2, 0) is 20.1 Å². The first-order chi connectivity index (χ1) is 23.1. The maximum absolute atomic E-state index is 6.54. The summed E-state index contributed by atoms with van der Waals surface area (Å²) in [5.41, 5.74) is 11.8. The summed E-state index contributed by atoms with van der Waals surface area (Å²) in [5, 5.41) is 0. The number of hydrogen-bond donors (Lipinski definition) is 0. The van der Waals surface area contributed by atoms with E-state index in [-0.39, 0.29) is 26.8 Å². The first-order valence-electron chi connectivity index (χ1n) is 15.7. The number of aryl methyl sites for hydroxylation is 2. The molecule has 2 aliphatic rings. The van der Waals surface area contributed by atoms with Gasteiger partial charge in [-0.25, -0.2) is 0 Å². The molecule has 0 amide bonds. The van der Waals surface area contributed by atoms with Crippen LogP contribution in [0.2, 0.25) is 0 Å². The van der Waals surface area contributed by atoms with Crippen molar-refractivity contribution in [2.24, 2.45) is 0 Å². The Morgan fingerprint density at radius 3 is 2.23 bits per heavy atom. The Balaban J connectivity index is 0.000000220. The van der Waals surface area contributed by atoms with E-state index in [1.54, 1.807) is 0 Å². The van der Waals surface area contributed by atoms with Crippen LogP contribution in [0.5, 0.6) is 23.0 Å². The van der Waals surface area contributed by atoms with Crippen LogP contribution >= 0.6 is 0 Å². The van der Waals surface area contributed by atoms with Crippen LogP contribution in [-0.4, -0.2) is 16.7 Å². The zero-order valence-electron chi connectivity index (χ0n) is 26.4. The molecule has 2 aliphatic heterocycles. The molecule has 6 heteroatoms. The first-order valence-corrected chi connectivity index (χ1v) is 15.7. The standard InChI is InChI=1S/C30H19BNO2.C12H10N.Ir/c1-19-8-2-3-9-21(19)20-16-17-32-25(18-20)22-10-6-12-24-30(22)34-28-15-7-14-27-29(28)31(24)23-11-4-5-13-26(23)33-27;1-10-7-8-12(13-9-10)11-5-3-2-4-6-11;/h2-9,11-18H,1H3;2-5,7-9H,1H3;/q2*-1;. The van der Waals surface area contributed by atoms with Crippen LogP contribution in [0.1, 0.15) is 11.1 Å². The van der Waals surface area contributed by atoms with Gasteiger partial charge in [0.15, 0.2) is 0 Å². The molecule has 0 saturated heterocycles. The summed E-state index contributed by atoms with van der Waals surface area (Å²) < 4.78 is 12.8. The molecule has 4 nitrogen and oxygen atoms in total. The summed E-state index contributed by atoms with van der Waals surface area (Å²) in [5.74, 6) is 3.36. The van der Waals surface area contributed by atoms with Gasteiger partial charge in [0.05, 0.1) is 0 Å². The molecule has 0 spiro atoms. The van der Waals surface area contributed by atoms with E-state index < -0.39 is 0 Å². The number of aromatic nitrogens is 2. The number of hydrogen-bond acceptors (Lipinski definition) is 4. The molecule has 7 aromatic rings. The third-order valence-corrected chi connectivity index (χ3v) is 8.64. The zero-order valence-corrected chi connectivity index (χ0v) is 28.8. The van der Waals surface area contributed by atoms with Gasteiger partial charge < -0.3 is 19.4 Å². The van der Waals surface area contributed by atoms with Gasteiger partial charge >= 0.3 is 0 Å². The van der Waals surface area contributed by atoms with E-state index in [1.807, 2.05) is 86.0 Å². The molecular formula is C42H29BIrN2O2-2. The van der Waals surface area contributed by atoms with Crippen LogP contribution in [0.3, 0.4) is 0 Å². The van der Waals surface area contributed by atoms with Gasteiger partial charge in [0.2, 0.25) is 6.71 Å². The minimum atomic E-state index is 0. The molecule has 0 N–H and O–H groups in total. The van der Waals surface area contributed by atoms with Gasteiger partial charge in [-0.05, 0) is 77.2 Å². The van der Waals surface area contributed by atoms with Gasteiger partial charge in [-0.3, -0.25) is 0 Å². The van der Waals surface area contributed by atoms with E-state index >= 15 is 0 Å². The van der Waals surface area contributed by atoms with E-state index in [0.717, 1.165) is 67.5 Å². The van der Waals surface area contributed by atoms with Crippen molar-refractivity contribution >= 4 is 23.1 Å². The van der Waals surface area contributed by atoms with Crippen molar-refractivity contribution in [3.05, 3.63) is 163 Å². The Kier molecular flexibility index (Phi) is 8.77. The number of pyridine rings is 2. The van der Waals surface area contributed by atoms with E-state index in [2.05, 4.69) is 84.7 Å². The molecule has 48 heavy (non-hydrogen) atoms. The van der Waals surface area contributed by atoms with Crippen LogP contribution in [0.15, 0.2) is 140 Å². The zero-order chi connectivity index (χ0) is 31.7. The molecule has 2 aromatic heterocycles. The number of para-hydroxylation sites is 1. The predicted octanol–water partition coefficient (Wildman–Crippen LogP) is 8.11. The average molecular weight is 797 g/mol. The predicted molar refractivity (Wildman–Crippen MR) is 190 cm³/mol.